The lowest BCUT2D eigenvalue weighted by Crippen LogP contribution is -2.21. The highest BCUT2D eigenvalue weighted by atomic mass is 19.3. The van der Waals surface area contributed by atoms with Crippen LogP contribution in [0.1, 0.15) is 79.3 Å². The molecule has 0 amide bonds. The van der Waals surface area contributed by atoms with Gasteiger partial charge in [-0.2, -0.15) is 14.0 Å². The molecule has 0 radical (unpaired) electrons. The molecule has 9 nitrogen and oxygen atoms in total. The van der Waals surface area contributed by atoms with Gasteiger partial charge in [0.25, 0.3) is 0 Å². The van der Waals surface area contributed by atoms with Crippen molar-refractivity contribution in [2.75, 3.05) is 31.3 Å². The van der Waals surface area contributed by atoms with Crippen LogP contribution in [0, 0.1) is 11.3 Å². The van der Waals surface area contributed by atoms with Crippen molar-refractivity contribution in [2.45, 2.75) is 63.9 Å². The summed E-state index contributed by atoms with van der Waals surface area (Å²) in [7, 11) is 0. The number of anilines is 2. The van der Waals surface area contributed by atoms with Crippen molar-refractivity contribution < 1.29 is 37.3 Å². The number of esters is 2. The number of unbranched alkanes of at least 4 members (excludes halogenated alkanes) is 7. The molecule has 0 unspecified atom stereocenters. The number of carbonyl (C=O) groups is 2. The van der Waals surface area contributed by atoms with E-state index in [-0.39, 0.29) is 24.5 Å². The molecule has 0 fully saturated rings. The van der Waals surface area contributed by atoms with Crippen LogP contribution in [0.5, 0.6) is 11.5 Å². The van der Waals surface area contributed by atoms with Crippen LogP contribution < -0.4 is 20.9 Å². The number of carbonyl (C=O) groups excluding carboxylic acids is 2. The Bertz CT molecular complexity index is 1470. The number of halogens is 2. The number of nitriles is 1. The minimum Gasteiger partial charge on any atom is -0.494 e. The van der Waals surface area contributed by atoms with E-state index in [9.17, 15) is 18.4 Å². The quantitative estimate of drug-likeness (QED) is 0.0541. The topological polar surface area (TPSA) is 147 Å². The van der Waals surface area contributed by atoms with Gasteiger partial charge in [-0.05, 0) is 105 Å². The maximum absolute atomic E-state index is 14.7. The predicted octanol–water partition coefficient (Wildman–Crippen LogP) is 7.81. The molecule has 0 aliphatic carbocycles. The predicted molar refractivity (Wildman–Crippen MR) is 176 cm³/mol. The van der Waals surface area contributed by atoms with Crippen molar-refractivity contribution in [3.05, 3.63) is 89.5 Å². The van der Waals surface area contributed by atoms with Crippen LogP contribution in [0.2, 0.25) is 0 Å². The Morgan fingerprint density at radius 3 is 1.96 bits per heavy atom. The smallest absolute Gasteiger partial charge is 0.426 e. The molecule has 4 N–H and O–H groups in total. The second-order valence-electron chi connectivity index (χ2n) is 10.8. The molecule has 0 saturated heterocycles. The average molecular weight is 650 g/mol. The summed E-state index contributed by atoms with van der Waals surface area (Å²) in [5.41, 5.74) is 12.8. The fourth-order valence-electron chi connectivity index (χ4n) is 4.43. The second-order valence-corrected chi connectivity index (χ2v) is 10.8. The molecule has 3 aromatic carbocycles. The van der Waals surface area contributed by atoms with Crippen LogP contribution >= 0.6 is 0 Å². The molecule has 47 heavy (non-hydrogen) atoms. The summed E-state index contributed by atoms with van der Waals surface area (Å²) in [6, 6.07) is 18.1. The zero-order valence-electron chi connectivity index (χ0n) is 26.3. The summed E-state index contributed by atoms with van der Waals surface area (Å²) < 4.78 is 50.5. The molecule has 0 aliphatic rings. The van der Waals surface area contributed by atoms with E-state index in [4.69, 9.17) is 35.7 Å². The Balaban J connectivity index is 1.29. The summed E-state index contributed by atoms with van der Waals surface area (Å²) >= 11 is 0. The largest absolute Gasteiger partial charge is 0.494 e. The van der Waals surface area contributed by atoms with E-state index in [1.54, 1.807) is 18.2 Å². The lowest BCUT2D eigenvalue weighted by atomic mass is 10.1. The summed E-state index contributed by atoms with van der Waals surface area (Å²) in [6.45, 7) is 0.973. The standard InChI is InChI=1S/C36H41F2N3O6/c37-36(38,29-13-17-32(18-14-29)44-21-7-3-1-2-6-20-39)47-33-15-10-27(11-16-33)12-19-34(42)45-22-8-4-5-9-23-46-35(43)28-24-30(40)26-31(41)25-28/h10-19,24-26H,1-9,21-23,40-41H2/b19-12+. The molecule has 0 aliphatic heterocycles. The number of benzene rings is 3. The third kappa shape index (κ3) is 13.8. The summed E-state index contributed by atoms with van der Waals surface area (Å²) in [6.07, 6.45) is 6.28. The minimum atomic E-state index is -3.56. The first-order valence-electron chi connectivity index (χ1n) is 15.6. The molecule has 3 rings (SSSR count). The van der Waals surface area contributed by atoms with Crippen LogP contribution in [0.15, 0.2) is 72.8 Å². The number of alkyl halides is 2. The number of hydrogen-bond acceptors (Lipinski definition) is 9. The first kappa shape index (κ1) is 36.4. The Kier molecular flexibility index (Phi) is 15.0. The Morgan fingerprint density at radius 1 is 0.745 bits per heavy atom. The van der Waals surface area contributed by atoms with Crippen molar-refractivity contribution in [1.82, 2.24) is 0 Å². The molecule has 0 aromatic heterocycles. The highest BCUT2D eigenvalue weighted by Crippen LogP contribution is 2.32. The van der Waals surface area contributed by atoms with E-state index in [1.807, 2.05) is 0 Å². The highest BCUT2D eigenvalue weighted by Gasteiger charge is 2.34. The Morgan fingerprint density at radius 2 is 1.32 bits per heavy atom. The number of ether oxygens (including phenoxy) is 4. The molecule has 0 saturated carbocycles. The summed E-state index contributed by atoms with van der Waals surface area (Å²) in [5, 5.41) is 8.55. The number of nitrogens with zero attached hydrogens (tertiary/aromatic N) is 1. The van der Waals surface area contributed by atoms with Gasteiger partial charge in [0.2, 0.25) is 0 Å². The Hall–Kier alpha value is -5.11. The lowest BCUT2D eigenvalue weighted by Gasteiger charge is -2.18. The van der Waals surface area contributed by atoms with Gasteiger partial charge in [-0.3, -0.25) is 0 Å². The fraction of sp³-hybridized carbons (Fsp3) is 0.361. The van der Waals surface area contributed by atoms with E-state index in [1.165, 1.54) is 60.7 Å². The number of hydrogen-bond donors (Lipinski definition) is 2. The highest BCUT2D eigenvalue weighted by molar-refractivity contribution is 5.91. The van der Waals surface area contributed by atoms with Gasteiger partial charge < -0.3 is 30.4 Å². The van der Waals surface area contributed by atoms with Crippen LogP contribution in [-0.2, 0) is 20.4 Å². The van der Waals surface area contributed by atoms with E-state index in [0.717, 1.165) is 38.5 Å². The number of nitrogen functional groups attached to an aromatic ring is 2. The number of nitrogens with two attached hydrogens (primary N) is 2. The molecule has 250 valence electrons. The van der Waals surface area contributed by atoms with Gasteiger partial charge in [0.1, 0.15) is 11.5 Å². The van der Waals surface area contributed by atoms with Gasteiger partial charge in [-0.15, -0.1) is 0 Å². The van der Waals surface area contributed by atoms with E-state index in [0.29, 0.717) is 54.1 Å². The third-order valence-electron chi connectivity index (χ3n) is 6.91. The van der Waals surface area contributed by atoms with Crippen molar-refractivity contribution >= 4 is 29.4 Å². The van der Waals surface area contributed by atoms with Crippen molar-refractivity contribution in [3.63, 3.8) is 0 Å². The first-order valence-corrected chi connectivity index (χ1v) is 15.6. The summed E-state index contributed by atoms with van der Waals surface area (Å²) in [4.78, 5) is 24.1. The van der Waals surface area contributed by atoms with Gasteiger partial charge in [0.05, 0.1) is 37.0 Å². The van der Waals surface area contributed by atoms with E-state index < -0.39 is 18.0 Å². The third-order valence-corrected chi connectivity index (χ3v) is 6.91. The van der Waals surface area contributed by atoms with Crippen molar-refractivity contribution in [3.8, 4) is 17.6 Å². The zero-order chi connectivity index (χ0) is 33.9. The molecule has 0 atom stereocenters. The van der Waals surface area contributed by atoms with Crippen molar-refractivity contribution in [2.24, 2.45) is 0 Å². The van der Waals surface area contributed by atoms with Gasteiger partial charge in [-0.25, -0.2) is 9.59 Å². The monoisotopic (exact) mass is 649 g/mol. The maximum Gasteiger partial charge on any atom is 0.426 e. The second kappa shape index (κ2) is 19.4. The molecular weight excluding hydrogens is 608 g/mol. The van der Waals surface area contributed by atoms with Crippen LogP contribution in [0.4, 0.5) is 20.2 Å². The fourth-order valence-corrected chi connectivity index (χ4v) is 4.43. The van der Waals surface area contributed by atoms with E-state index >= 15 is 0 Å². The van der Waals surface area contributed by atoms with Gasteiger partial charge in [0, 0.05) is 23.9 Å². The van der Waals surface area contributed by atoms with Crippen molar-refractivity contribution in [1.29, 1.82) is 5.26 Å². The first-order chi connectivity index (χ1) is 22.7. The Labute approximate surface area is 274 Å². The van der Waals surface area contributed by atoms with Crippen LogP contribution in [0.25, 0.3) is 6.08 Å². The van der Waals surface area contributed by atoms with Gasteiger partial charge in [-0.1, -0.05) is 25.0 Å². The number of rotatable bonds is 20. The molecule has 0 bridgehead atoms. The summed E-state index contributed by atoms with van der Waals surface area (Å²) in [5.74, 6) is -0.537. The minimum absolute atomic E-state index is 0.0318. The van der Waals surface area contributed by atoms with Crippen LogP contribution in [0.3, 0.4) is 0 Å². The average Bonchev–Trinajstić information content (AvgIpc) is 3.04. The maximum atomic E-state index is 14.7. The SMILES string of the molecule is N#CCCCCCCOc1ccc(C(F)(F)Oc2ccc(/C=C/C(=O)OCCCCCCOC(=O)c3cc(N)cc(N)c3)cc2)cc1. The zero-order valence-corrected chi connectivity index (χ0v) is 26.3. The molecule has 11 heteroatoms. The molecular formula is C36H41F2N3O6. The van der Waals surface area contributed by atoms with E-state index in [2.05, 4.69) is 6.07 Å². The normalized spacial score (nSPS) is 11.2. The molecule has 0 heterocycles. The molecule has 3 aromatic rings. The molecule has 0 spiro atoms. The van der Waals surface area contributed by atoms with Crippen LogP contribution in [-0.4, -0.2) is 31.8 Å². The van der Waals surface area contributed by atoms with Gasteiger partial charge in [0.15, 0.2) is 0 Å². The van der Waals surface area contributed by atoms with Gasteiger partial charge >= 0.3 is 18.0 Å². The lowest BCUT2D eigenvalue weighted by molar-refractivity contribution is -0.185.